The van der Waals surface area contributed by atoms with Gasteiger partial charge in [-0.05, 0) is 12.0 Å². The van der Waals surface area contributed by atoms with Gasteiger partial charge in [0.05, 0.1) is 0 Å². The summed E-state index contributed by atoms with van der Waals surface area (Å²) in [5.74, 6) is 0. The molecule has 4 N–H and O–H groups in total. The van der Waals surface area contributed by atoms with E-state index in [0.717, 1.165) is 18.9 Å². The Bertz CT molecular complexity index is 340. The summed E-state index contributed by atoms with van der Waals surface area (Å²) in [6.45, 7) is 2.63. The van der Waals surface area contributed by atoms with Crippen LogP contribution in [-0.4, -0.2) is 42.7 Å². The number of hydrogen-bond donors (Lipinski definition) is 2. The lowest BCUT2D eigenvalue weighted by atomic mass is 10.1. The molecule has 21 heavy (non-hydrogen) atoms. The number of nitrogens with two attached hydrogens (primary N) is 2. The molecular formula is C15H30N2O3Si. The maximum Gasteiger partial charge on any atom is 0.500 e. The Morgan fingerprint density at radius 3 is 1.90 bits per heavy atom. The normalized spacial score (nSPS) is 12.5. The maximum absolute atomic E-state index is 5.68. The van der Waals surface area contributed by atoms with E-state index in [1.54, 1.807) is 21.3 Å². The molecule has 1 unspecified atom stereocenters. The SMILES string of the molecule is CCC[Si](OC)(OC)OC.NCC(N)Cc1ccccc1. The third-order valence-corrected chi connectivity index (χ3v) is 6.11. The minimum absolute atomic E-state index is 0.0948. The highest BCUT2D eigenvalue weighted by Crippen LogP contribution is 2.13. The van der Waals surface area contributed by atoms with E-state index in [-0.39, 0.29) is 6.04 Å². The molecule has 1 aromatic carbocycles. The van der Waals surface area contributed by atoms with Crippen LogP contribution in [0.4, 0.5) is 0 Å². The first-order valence-electron chi connectivity index (χ1n) is 7.22. The van der Waals surface area contributed by atoms with Crippen molar-refractivity contribution in [3.8, 4) is 0 Å². The lowest BCUT2D eigenvalue weighted by molar-refractivity contribution is 0.123. The van der Waals surface area contributed by atoms with Gasteiger partial charge in [0.2, 0.25) is 0 Å². The van der Waals surface area contributed by atoms with Crippen LogP contribution >= 0.6 is 0 Å². The molecule has 0 aliphatic rings. The van der Waals surface area contributed by atoms with Crippen molar-refractivity contribution < 1.29 is 13.3 Å². The molecule has 0 aromatic heterocycles. The Balaban J connectivity index is 0.000000384. The van der Waals surface area contributed by atoms with Crippen LogP contribution in [-0.2, 0) is 19.7 Å². The highest BCUT2D eigenvalue weighted by molar-refractivity contribution is 6.60. The quantitative estimate of drug-likeness (QED) is 0.715. The minimum atomic E-state index is -2.22. The van der Waals surface area contributed by atoms with Crippen molar-refractivity contribution in [1.29, 1.82) is 0 Å². The number of rotatable bonds is 8. The fraction of sp³-hybridized carbons (Fsp3) is 0.600. The largest absolute Gasteiger partial charge is 0.500 e. The summed E-state index contributed by atoms with van der Waals surface area (Å²) in [5.41, 5.74) is 12.3. The van der Waals surface area contributed by atoms with Gasteiger partial charge in [0.25, 0.3) is 0 Å². The Morgan fingerprint density at radius 1 is 1.05 bits per heavy atom. The zero-order valence-electron chi connectivity index (χ0n) is 13.7. The molecule has 1 atom stereocenters. The van der Waals surface area contributed by atoms with Crippen molar-refractivity contribution in [2.75, 3.05) is 27.9 Å². The predicted molar refractivity (Wildman–Crippen MR) is 89.1 cm³/mol. The van der Waals surface area contributed by atoms with Gasteiger partial charge in [0.15, 0.2) is 0 Å². The van der Waals surface area contributed by atoms with Crippen LogP contribution in [0, 0.1) is 0 Å². The zero-order chi connectivity index (χ0) is 16.1. The van der Waals surface area contributed by atoms with Gasteiger partial charge >= 0.3 is 8.80 Å². The van der Waals surface area contributed by atoms with E-state index in [4.69, 9.17) is 24.7 Å². The second-order valence-corrected chi connectivity index (χ2v) is 7.82. The fourth-order valence-corrected chi connectivity index (χ4v) is 3.59. The molecule has 0 spiro atoms. The van der Waals surface area contributed by atoms with Gasteiger partial charge in [-0.3, -0.25) is 0 Å². The van der Waals surface area contributed by atoms with Crippen LogP contribution in [0.25, 0.3) is 0 Å². The molecule has 0 heterocycles. The van der Waals surface area contributed by atoms with E-state index in [0.29, 0.717) is 6.54 Å². The first-order chi connectivity index (χ1) is 10.1. The molecule has 1 rings (SSSR count). The molecule has 0 radical (unpaired) electrons. The van der Waals surface area contributed by atoms with Crippen LogP contribution < -0.4 is 11.5 Å². The standard InChI is InChI=1S/C9H14N2.C6H16O3Si/c10-7-9(11)6-8-4-2-1-3-5-8;1-5-6-10(7-2,8-3)9-4/h1-5,9H,6-7,10-11H2;5-6H2,1-4H3. The highest BCUT2D eigenvalue weighted by Gasteiger charge is 2.36. The van der Waals surface area contributed by atoms with Crippen molar-refractivity contribution in [1.82, 2.24) is 0 Å². The molecule has 0 aliphatic carbocycles. The van der Waals surface area contributed by atoms with Crippen molar-refractivity contribution in [3.63, 3.8) is 0 Å². The molecule has 0 amide bonds. The Kier molecular flexibility index (Phi) is 11.4. The number of benzene rings is 1. The van der Waals surface area contributed by atoms with Gasteiger partial charge in [0.1, 0.15) is 0 Å². The van der Waals surface area contributed by atoms with Crippen LogP contribution in [0.2, 0.25) is 6.04 Å². The van der Waals surface area contributed by atoms with Crippen molar-refractivity contribution in [3.05, 3.63) is 35.9 Å². The monoisotopic (exact) mass is 314 g/mol. The van der Waals surface area contributed by atoms with Gasteiger partial charge in [-0.15, -0.1) is 0 Å². The predicted octanol–water partition coefficient (Wildman–Crippen LogP) is 1.79. The third-order valence-electron chi connectivity index (χ3n) is 3.13. The van der Waals surface area contributed by atoms with Crippen molar-refractivity contribution in [2.24, 2.45) is 11.5 Å². The van der Waals surface area contributed by atoms with Crippen LogP contribution in [0.15, 0.2) is 30.3 Å². The molecule has 0 aliphatic heterocycles. The smallest absolute Gasteiger partial charge is 0.377 e. The first kappa shape index (κ1) is 20.2. The van der Waals surface area contributed by atoms with Gasteiger partial charge in [-0.2, -0.15) is 0 Å². The number of hydrogen-bond acceptors (Lipinski definition) is 5. The topological polar surface area (TPSA) is 79.7 Å². The van der Waals surface area contributed by atoms with Gasteiger partial charge in [-0.25, -0.2) is 0 Å². The average molecular weight is 315 g/mol. The Hall–Kier alpha value is -0.763. The third kappa shape index (κ3) is 8.30. The molecule has 5 nitrogen and oxygen atoms in total. The lowest BCUT2D eigenvalue weighted by Crippen LogP contribution is -2.42. The fourth-order valence-electron chi connectivity index (χ4n) is 1.86. The Morgan fingerprint density at radius 2 is 1.57 bits per heavy atom. The van der Waals surface area contributed by atoms with Crippen molar-refractivity contribution in [2.45, 2.75) is 31.9 Å². The molecule has 1 aromatic rings. The molecular weight excluding hydrogens is 284 g/mol. The molecule has 122 valence electrons. The summed E-state index contributed by atoms with van der Waals surface area (Å²) in [7, 11) is 2.68. The van der Waals surface area contributed by atoms with E-state index in [2.05, 4.69) is 19.1 Å². The molecule has 0 saturated carbocycles. The summed E-state index contributed by atoms with van der Waals surface area (Å²) in [4.78, 5) is 0. The average Bonchev–Trinajstić information content (AvgIpc) is 2.54. The van der Waals surface area contributed by atoms with Gasteiger partial charge < -0.3 is 24.7 Å². The zero-order valence-corrected chi connectivity index (χ0v) is 14.7. The van der Waals surface area contributed by atoms with E-state index in [9.17, 15) is 0 Å². The second-order valence-electron chi connectivity index (χ2n) is 4.73. The van der Waals surface area contributed by atoms with E-state index in [1.807, 2.05) is 18.2 Å². The Labute approximate surface area is 129 Å². The van der Waals surface area contributed by atoms with Gasteiger partial charge in [-0.1, -0.05) is 43.7 Å². The van der Waals surface area contributed by atoms with Crippen LogP contribution in [0.3, 0.4) is 0 Å². The summed E-state index contributed by atoms with van der Waals surface area (Å²) < 4.78 is 15.5. The second kappa shape index (κ2) is 11.8. The molecule has 0 bridgehead atoms. The first-order valence-corrected chi connectivity index (χ1v) is 9.15. The lowest BCUT2D eigenvalue weighted by Gasteiger charge is -2.23. The summed E-state index contributed by atoms with van der Waals surface area (Å²) in [5, 5.41) is 0. The van der Waals surface area contributed by atoms with E-state index >= 15 is 0 Å². The van der Waals surface area contributed by atoms with Crippen molar-refractivity contribution >= 4 is 8.80 Å². The minimum Gasteiger partial charge on any atom is -0.377 e. The molecule has 0 saturated heterocycles. The maximum atomic E-state index is 5.68. The van der Waals surface area contributed by atoms with Crippen LogP contribution in [0.5, 0.6) is 0 Å². The van der Waals surface area contributed by atoms with E-state index < -0.39 is 8.80 Å². The van der Waals surface area contributed by atoms with E-state index in [1.165, 1.54) is 5.56 Å². The molecule has 0 fully saturated rings. The highest BCUT2D eigenvalue weighted by atomic mass is 28.4. The van der Waals surface area contributed by atoms with Gasteiger partial charge in [0, 0.05) is 40.0 Å². The summed E-state index contributed by atoms with van der Waals surface area (Å²) in [6, 6.07) is 11.1. The molecule has 6 heteroatoms. The van der Waals surface area contributed by atoms with Crippen LogP contribution in [0.1, 0.15) is 18.9 Å². The summed E-state index contributed by atoms with van der Waals surface area (Å²) in [6.07, 6.45) is 1.90. The summed E-state index contributed by atoms with van der Waals surface area (Å²) >= 11 is 0.